The van der Waals surface area contributed by atoms with E-state index in [0.717, 1.165) is 29.6 Å². The Morgan fingerprint density at radius 3 is 2.40 bits per heavy atom. The minimum atomic E-state index is -3.42. The molecular weight excluding hydrogens is 336 g/mol. The standard InChI is InChI=1S/C20H26O4S/c1-4-20(16(2)14-24-25(3,21)22)18-11-8-12-19(13-18)23-15-17-9-6-5-7-10-17/h5-13,16,20H,4,14-15H2,1-3H3/t16-,20+/m0/s1. The maximum atomic E-state index is 11.2. The monoisotopic (exact) mass is 362 g/mol. The van der Waals surface area contributed by atoms with Crippen molar-refractivity contribution in [1.82, 2.24) is 0 Å². The zero-order valence-electron chi connectivity index (χ0n) is 15.0. The first-order chi connectivity index (χ1) is 11.9. The summed E-state index contributed by atoms with van der Waals surface area (Å²) in [5, 5.41) is 0. The molecule has 0 heterocycles. The summed E-state index contributed by atoms with van der Waals surface area (Å²) in [4.78, 5) is 0. The Kier molecular flexibility index (Phi) is 7.02. The fraction of sp³-hybridized carbons (Fsp3) is 0.400. The average molecular weight is 362 g/mol. The van der Waals surface area contributed by atoms with E-state index in [0.29, 0.717) is 6.61 Å². The van der Waals surface area contributed by atoms with Crippen LogP contribution in [0.2, 0.25) is 0 Å². The van der Waals surface area contributed by atoms with Crippen LogP contribution in [0.25, 0.3) is 0 Å². The maximum absolute atomic E-state index is 11.2. The second-order valence-corrected chi connectivity index (χ2v) is 7.97. The summed E-state index contributed by atoms with van der Waals surface area (Å²) in [5.74, 6) is 1.11. The van der Waals surface area contributed by atoms with Crippen molar-refractivity contribution in [2.24, 2.45) is 5.92 Å². The van der Waals surface area contributed by atoms with Crippen molar-refractivity contribution in [3.63, 3.8) is 0 Å². The number of hydrogen-bond donors (Lipinski definition) is 0. The van der Waals surface area contributed by atoms with E-state index in [1.807, 2.05) is 55.5 Å². The van der Waals surface area contributed by atoms with Gasteiger partial charge in [0.25, 0.3) is 10.1 Å². The van der Waals surface area contributed by atoms with Crippen LogP contribution in [0.5, 0.6) is 5.75 Å². The Bertz CT molecular complexity index is 756. The van der Waals surface area contributed by atoms with E-state index in [-0.39, 0.29) is 18.4 Å². The number of benzene rings is 2. The molecule has 0 aromatic heterocycles. The van der Waals surface area contributed by atoms with Crippen LogP contribution in [0, 0.1) is 5.92 Å². The van der Waals surface area contributed by atoms with E-state index in [1.165, 1.54) is 0 Å². The van der Waals surface area contributed by atoms with E-state index in [9.17, 15) is 8.42 Å². The van der Waals surface area contributed by atoms with E-state index in [4.69, 9.17) is 8.92 Å². The van der Waals surface area contributed by atoms with Crippen molar-refractivity contribution in [3.05, 3.63) is 65.7 Å². The Labute approximate surface area is 150 Å². The van der Waals surface area contributed by atoms with E-state index >= 15 is 0 Å². The number of rotatable bonds is 9. The van der Waals surface area contributed by atoms with Crippen LogP contribution in [0.3, 0.4) is 0 Å². The molecule has 0 N–H and O–H groups in total. The lowest BCUT2D eigenvalue weighted by molar-refractivity contribution is 0.241. The summed E-state index contributed by atoms with van der Waals surface area (Å²) in [6.45, 7) is 4.82. The van der Waals surface area contributed by atoms with Gasteiger partial charge in [-0.2, -0.15) is 8.42 Å². The lowest BCUT2D eigenvalue weighted by Crippen LogP contribution is -2.17. The quantitative estimate of drug-likeness (QED) is 0.622. The van der Waals surface area contributed by atoms with Gasteiger partial charge in [-0.25, -0.2) is 0 Å². The molecule has 2 rings (SSSR count). The van der Waals surface area contributed by atoms with Gasteiger partial charge >= 0.3 is 0 Å². The Hall–Kier alpha value is -1.85. The minimum Gasteiger partial charge on any atom is -0.489 e. The molecule has 2 aromatic carbocycles. The summed E-state index contributed by atoms with van der Waals surface area (Å²) in [6.07, 6.45) is 1.98. The molecule has 4 nitrogen and oxygen atoms in total. The highest BCUT2D eigenvalue weighted by Gasteiger charge is 2.20. The summed E-state index contributed by atoms with van der Waals surface area (Å²) in [7, 11) is -3.42. The average Bonchev–Trinajstić information content (AvgIpc) is 2.59. The lowest BCUT2D eigenvalue weighted by atomic mass is 9.85. The minimum absolute atomic E-state index is 0.0871. The van der Waals surface area contributed by atoms with E-state index in [1.54, 1.807) is 0 Å². The molecule has 0 radical (unpaired) electrons. The van der Waals surface area contributed by atoms with Gasteiger partial charge < -0.3 is 4.74 Å². The molecule has 5 heteroatoms. The van der Waals surface area contributed by atoms with Gasteiger partial charge in [-0.1, -0.05) is 56.3 Å². The molecule has 0 aliphatic heterocycles. The lowest BCUT2D eigenvalue weighted by Gasteiger charge is -2.23. The van der Waals surface area contributed by atoms with Gasteiger partial charge in [-0.3, -0.25) is 4.18 Å². The van der Waals surface area contributed by atoms with Crippen LogP contribution in [-0.2, 0) is 20.9 Å². The Morgan fingerprint density at radius 2 is 1.76 bits per heavy atom. The third-order valence-corrected chi connectivity index (χ3v) is 4.77. The van der Waals surface area contributed by atoms with Crippen molar-refractivity contribution in [3.8, 4) is 5.75 Å². The first kappa shape index (κ1) is 19.5. The highest BCUT2D eigenvalue weighted by Crippen LogP contribution is 2.30. The van der Waals surface area contributed by atoms with Crippen LogP contribution in [0.15, 0.2) is 54.6 Å². The summed E-state index contributed by atoms with van der Waals surface area (Å²) in [6, 6.07) is 18.0. The van der Waals surface area contributed by atoms with Gasteiger partial charge in [0, 0.05) is 0 Å². The second-order valence-electron chi connectivity index (χ2n) is 6.33. The molecule has 0 spiro atoms. The van der Waals surface area contributed by atoms with E-state index < -0.39 is 10.1 Å². The molecular formula is C20H26O4S. The highest BCUT2D eigenvalue weighted by molar-refractivity contribution is 7.85. The molecule has 0 bridgehead atoms. The van der Waals surface area contributed by atoms with E-state index in [2.05, 4.69) is 13.0 Å². The van der Waals surface area contributed by atoms with Crippen molar-refractivity contribution >= 4 is 10.1 Å². The third-order valence-electron chi connectivity index (χ3n) is 4.21. The second kappa shape index (κ2) is 9.02. The maximum Gasteiger partial charge on any atom is 0.264 e. The van der Waals surface area contributed by atoms with Crippen molar-refractivity contribution in [2.75, 3.05) is 12.9 Å². The van der Waals surface area contributed by atoms with Crippen molar-refractivity contribution in [2.45, 2.75) is 32.8 Å². The normalized spacial score (nSPS) is 14.0. The summed E-state index contributed by atoms with van der Waals surface area (Å²) in [5.41, 5.74) is 2.26. The summed E-state index contributed by atoms with van der Waals surface area (Å²) >= 11 is 0. The van der Waals surface area contributed by atoms with Crippen LogP contribution in [-0.4, -0.2) is 21.3 Å². The van der Waals surface area contributed by atoms with Gasteiger partial charge in [0.05, 0.1) is 12.9 Å². The first-order valence-electron chi connectivity index (χ1n) is 8.50. The molecule has 0 amide bonds. The molecule has 0 unspecified atom stereocenters. The van der Waals surface area contributed by atoms with Gasteiger partial charge in [-0.05, 0) is 41.5 Å². The fourth-order valence-corrected chi connectivity index (χ4v) is 3.35. The molecule has 0 aliphatic carbocycles. The Morgan fingerprint density at radius 1 is 1.04 bits per heavy atom. The highest BCUT2D eigenvalue weighted by atomic mass is 32.2. The molecule has 2 atom stereocenters. The third kappa shape index (κ3) is 6.52. The van der Waals surface area contributed by atoms with Crippen molar-refractivity contribution < 1.29 is 17.3 Å². The fourth-order valence-electron chi connectivity index (χ4n) is 2.89. The molecule has 0 saturated heterocycles. The number of ether oxygens (including phenoxy) is 1. The Balaban J connectivity index is 2.04. The van der Waals surface area contributed by atoms with Crippen LogP contribution >= 0.6 is 0 Å². The predicted octanol–water partition coefficient (Wildman–Crippen LogP) is 4.37. The van der Waals surface area contributed by atoms with Crippen molar-refractivity contribution in [1.29, 1.82) is 0 Å². The number of hydrogen-bond acceptors (Lipinski definition) is 4. The molecule has 2 aromatic rings. The largest absolute Gasteiger partial charge is 0.489 e. The SMILES string of the molecule is CC[C@@H](c1cccc(OCc2ccccc2)c1)[C@@H](C)COS(C)(=O)=O. The molecule has 0 fully saturated rings. The predicted molar refractivity (Wildman–Crippen MR) is 100 cm³/mol. The van der Waals surface area contributed by atoms with Gasteiger partial charge in [-0.15, -0.1) is 0 Å². The van der Waals surface area contributed by atoms with Crippen LogP contribution in [0.1, 0.15) is 37.3 Å². The summed E-state index contributed by atoms with van der Waals surface area (Å²) < 4.78 is 33.3. The molecule has 136 valence electrons. The smallest absolute Gasteiger partial charge is 0.264 e. The molecule has 0 aliphatic rings. The first-order valence-corrected chi connectivity index (χ1v) is 10.3. The zero-order valence-corrected chi connectivity index (χ0v) is 15.8. The topological polar surface area (TPSA) is 52.6 Å². The molecule has 0 saturated carbocycles. The van der Waals surface area contributed by atoms with Gasteiger partial charge in [0.2, 0.25) is 0 Å². The molecule has 25 heavy (non-hydrogen) atoms. The van der Waals surface area contributed by atoms with Crippen LogP contribution < -0.4 is 4.74 Å². The van der Waals surface area contributed by atoms with Crippen LogP contribution in [0.4, 0.5) is 0 Å². The zero-order chi connectivity index (χ0) is 18.3. The van der Waals surface area contributed by atoms with Gasteiger partial charge in [0.15, 0.2) is 0 Å². The van der Waals surface area contributed by atoms with Gasteiger partial charge in [0.1, 0.15) is 12.4 Å².